The molecule has 0 N–H and O–H groups in total. The summed E-state index contributed by atoms with van der Waals surface area (Å²) in [6.07, 6.45) is -11.6. The first-order valence-corrected chi connectivity index (χ1v) is 15.9. The number of hydrogen-bond acceptors (Lipinski definition) is 4. The Labute approximate surface area is 294 Å². The molecule has 0 bridgehead atoms. The van der Waals surface area contributed by atoms with Crippen LogP contribution in [0.25, 0.3) is 0 Å². The molecule has 0 spiro atoms. The van der Waals surface area contributed by atoms with Gasteiger partial charge in [-0.05, 0) is 90.8 Å². The molecular formula is C42H28F6O4. The first-order chi connectivity index (χ1) is 24.8. The minimum Gasteiger partial charge on any atom is -0.457 e. The lowest BCUT2D eigenvalue weighted by Gasteiger charge is -2.38. The number of aryl methyl sites for hydroxylation is 1. The second kappa shape index (κ2) is 14.2. The molecule has 52 heavy (non-hydrogen) atoms. The first-order valence-electron chi connectivity index (χ1n) is 15.9. The summed E-state index contributed by atoms with van der Waals surface area (Å²) in [6, 6.07) is 34.5. The third-order valence-corrected chi connectivity index (χ3v) is 8.48. The maximum atomic E-state index is 14.8. The summed E-state index contributed by atoms with van der Waals surface area (Å²) >= 11 is 0. The summed E-state index contributed by atoms with van der Waals surface area (Å²) in [4.78, 5) is 25.4. The van der Waals surface area contributed by atoms with Gasteiger partial charge in [0.15, 0.2) is 11.6 Å². The maximum Gasteiger partial charge on any atom is 0.411 e. The van der Waals surface area contributed by atoms with Crippen molar-refractivity contribution >= 4 is 11.6 Å². The zero-order valence-corrected chi connectivity index (χ0v) is 27.3. The molecule has 0 heterocycles. The van der Waals surface area contributed by atoms with Gasteiger partial charge in [0, 0.05) is 22.3 Å². The Morgan fingerprint density at radius 1 is 0.404 bits per heavy atom. The number of alkyl halides is 6. The van der Waals surface area contributed by atoms with Crippen molar-refractivity contribution in [2.75, 3.05) is 0 Å². The van der Waals surface area contributed by atoms with Crippen LogP contribution in [0.4, 0.5) is 26.3 Å². The normalized spacial score (nSPS) is 11.9. The molecule has 6 rings (SSSR count). The minimum absolute atomic E-state index is 0.0140. The molecule has 10 heteroatoms. The van der Waals surface area contributed by atoms with Crippen molar-refractivity contribution in [3.63, 3.8) is 0 Å². The van der Waals surface area contributed by atoms with Gasteiger partial charge in [0.1, 0.15) is 23.0 Å². The van der Waals surface area contributed by atoms with Crippen LogP contribution in [0.2, 0.25) is 0 Å². The van der Waals surface area contributed by atoms with Gasteiger partial charge in [0.05, 0.1) is 0 Å². The Balaban J connectivity index is 1.21. The fourth-order valence-corrected chi connectivity index (χ4v) is 5.78. The van der Waals surface area contributed by atoms with Crippen LogP contribution in [0.5, 0.6) is 23.0 Å². The van der Waals surface area contributed by atoms with Crippen LogP contribution in [0.3, 0.4) is 0 Å². The third-order valence-electron chi connectivity index (χ3n) is 8.48. The van der Waals surface area contributed by atoms with Crippen LogP contribution < -0.4 is 9.47 Å². The highest BCUT2D eigenvalue weighted by Gasteiger charge is 2.72. The van der Waals surface area contributed by atoms with Gasteiger partial charge >= 0.3 is 12.4 Å². The smallest absolute Gasteiger partial charge is 0.411 e. The highest BCUT2D eigenvalue weighted by atomic mass is 19.4. The molecule has 0 amide bonds. The van der Waals surface area contributed by atoms with Crippen molar-refractivity contribution in [2.24, 2.45) is 0 Å². The number of carbonyl (C=O) groups excluding carboxylic acids is 2. The Bertz CT molecular complexity index is 2140. The minimum atomic E-state index is -5.79. The SMILES string of the molecule is Cc1ccc(C(=O)c2ccc(Oc3ccc(C(c4ccc(Oc5ccc(C(=O)c6ccccc6)cc5)cc4)(C(F)(F)F)C(F)(F)F)cc3)cc2)cc1. The molecule has 0 aliphatic rings. The van der Waals surface area contributed by atoms with E-state index in [1.807, 2.05) is 19.1 Å². The van der Waals surface area contributed by atoms with Crippen LogP contribution in [0, 0.1) is 6.92 Å². The van der Waals surface area contributed by atoms with Crippen molar-refractivity contribution < 1.29 is 45.4 Å². The van der Waals surface area contributed by atoms with E-state index in [1.54, 1.807) is 42.5 Å². The third kappa shape index (κ3) is 7.18. The van der Waals surface area contributed by atoms with Crippen LogP contribution in [-0.4, -0.2) is 23.9 Å². The molecule has 0 aliphatic carbocycles. The van der Waals surface area contributed by atoms with E-state index in [0.717, 1.165) is 54.1 Å². The molecule has 0 unspecified atom stereocenters. The Hall–Kier alpha value is -6.16. The van der Waals surface area contributed by atoms with E-state index >= 15 is 0 Å². The average Bonchev–Trinajstić information content (AvgIpc) is 3.13. The fourth-order valence-electron chi connectivity index (χ4n) is 5.78. The van der Waals surface area contributed by atoms with Gasteiger partial charge in [-0.25, -0.2) is 0 Å². The number of carbonyl (C=O) groups is 2. The van der Waals surface area contributed by atoms with Crippen molar-refractivity contribution in [3.8, 4) is 23.0 Å². The molecule has 0 fully saturated rings. The summed E-state index contributed by atoms with van der Waals surface area (Å²) in [5.74, 6) is -0.0403. The number of halogens is 6. The highest BCUT2D eigenvalue weighted by molar-refractivity contribution is 6.09. The van der Waals surface area contributed by atoms with Crippen LogP contribution in [-0.2, 0) is 5.41 Å². The Morgan fingerprint density at radius 2 is 0.692 bits per heavy atom. The highest BCUT2D eigenvalue weighted by Crippen LogP contribution is 2.56. The molecule has 0 radical (unpaired) electrons. The van der Waals surface area contributed by atoms with Crippen LogP contribution in [0.15, 0.2) is 152 Å². The van der Waals surface area contributed by atoms with E-state index < -0.39 is 28.9 Å². The summed E-state index contributed by atoms with van der Waals surface area (Å²) in [5, 5.41) is 0. The fraction of sp³-hybridized carbons (Fsp3) is 0.0952. The summed E-state index contributed by atoms with van der Waals surface area (Å²) < 4.78 is 100.0. The Morgan fingerprint density at radius 3 is 1.02 bits per heavy atom. The summed E-state index contributed by atoms with van der Waals surface area (Å²) in [5.41, 5.74) is -3.81. The zero-order valence-electron chi connectivity index (χ0n) is 27.3. The van der Waals surface area contributed by atoms with Gasteiger partial charge in [-0.2, -0.15) is 26.3 Å². The number of rotatable bonds is 10. The molecule has 0 aromatic heterocycles. The summed E-state index contributed by atoms with van der Waals surface area (Å²) in [7, 11) is 0. The quantitative estimate of drug-likeness (QED) is 0.105. The molecule has 6 aromatic carbocycles. The van der Waals surface area contributed by atoms with E-state index in [4.69, 9.17) is 9.47 Å². The predicted molar refractivity (Wildman–Crippen MR) is 183 cm³/mol. The topological polar surface area (TPSA) is 52.6 Å². The second-order valence-electron chi connectivity index (χ2n) is 11.9. The second-order valence-corrected chi connectivity index (χ2v) is 11.9. The zero-order chi connectivity index (χ0) is 37.1. The van der Waals surface area contributed by atoms with E-state index in [-0.39, 0.29) is 34.6 Å². The van der Waals surface area contributed by atoms with E-state index in [2.05, 4.69) is 0 Å². The standard InChI is InChI=1S/C42H28F6O4/c1-27-7-9-29(10-8-27)39(50)31-13-21-35(22-14-31)52-37-25-17-33(18-26-37)40(41(43,44)45,42(46,47)48)32-15-23-36(24-16-32)51-34-19-11-30(12-20-34)38(49)28-5-3-2-4-6-28/h2-26H,1H3. The van der Waals surface area contributed by atoms with E-state index in [1.165, 1.54) is 48.5 Å². The lowest BCUT2D eigenvalue weighted by atomic mass is 9.73. The molecule has 0 saturated heterocycles. The van der Waals surface area contributed by atoms with Crippen LogP contribution >= 0.6 is 0 Å². The number of hydrogen-bond donors (Lipinski definition) is 0. The largest absolute Gasteiger partial charge is 0.457 e. The lowest BCUT2D eigenvalue weighted by molar-refractivity contribution is -0.288. The van der Waals surface area contributed by atoms with Crippen LogP contribution in [0.1, 0.15) is 48.5 Å². The number of benzene rings is 6. The Kier molecular flexibility index (Phi) is 9.75. The first kappa shape index (κ1) is 35.7. The molecule has 0 aliphatic heterocycles. The average molecular weight is 711 g/mol. The predicted octanol–water partition coefficient (Wildman–Crippen LogP) is 11.5. The van der Waals surface area contributed by atoms with Gasteiger partial charge in [-0.3, -0.25) is 9.59 Å². The summed E-state index contributed by atoms with van der Waals surface area (Å²) in [6.45, 7) is 1.90. The maximum absolute atomic E-state index is 14.8. The van der Waals surface area contributed by atoms with Crippen molar-refractivity contribution in [3.05, 3.63) is 191 Å². The van der Waals surface area contributed by atoms with Crippen molar-refractivity contribution in [1.29, 1.82) is 0 Å². The molecule has 6 aromatic rings. The molecule has 0 atom stereocenters. The van der Waals surface area contributed by atoms with Crippen molar-refractivity contribution in [2.45, 2.75) is 24.7 Å². The molecular weight excluding hydrogens is 682 g/mol. The van der Waals surface area contributed by atoms with E-state index in [9.17, 15) is 35.9 Å². The van der Waals surface area contributed by atoms with Gasteiger partial charge < -0.3 is 9.47 Å². The van der Waals surface area contributed by atoms with Gasteiger partial charge in [-0.1, -0.05) is 84.4 Å². The monoisotopic (exact) mass is 710 g/mol. The van der Waals surface area contributed by atoms with Gasteiger partial charge in [0.25, 0.3) is 0 Å². The molecule has 0 saturated carbocycles. The van der Waals surface area contributed by atoms with E-state index in [0.29, 0.717) is 22.3 Å². The number of ketones is 2. The van der Waals surface area contributed by atoms with Gasteiger partial charge in [0.2, 0.25) is 5.41 Å². The lowest BCUT2D eigenvalue weighted by Crippen LogP contribution is -2.54. The van der Waals surface area contributed by atoms with Gasteiger partial charge in [-0.15, -0.1) is 0 Å². The molecule has 4 nitrogen and oxygen atoms in total. The number of ether oxygens (including phenoxy) is 2. The molecule has 262 valence electrons. The van der Waals surface area contributed by atoms with Crippen molar-refractivity contribution in [1.82, 2.24) is 0 Å².